The predicted octanol–water partition coefficient (Wildman–Crippen LogP) is 5.54. The van der Waals surface area contributed by atoms with Crippen molar-refractivity contribution in [1.82, 2.24) is 0 Å². The van der Waals surface area contributed by atoms with E-state index >= 15 is 0 Å². The summed E-state index contributed by atoms with van der Waals surface area (Å²) in [6.45, 7) is 0. The van der Waals surface area contributed by atoms with Gasteiger partial charge in [0.15, 0.2) is 0 Å². The minimum absolute atomic E-state index is 0. The molecule has 0 saturated carbocycles. The van der Waals surface area contributed by atoms with Crippen LogP contribution < -0.4 is 0 Å². The summed E-state index contributed by atoms with van der Waals surface area (Å²) in [4.78, 5) is 0. The van der Waals surface area contributed by atoms with Crippen molar-refractivity contribution in [3.05, 3.63) is 0 Å². The first-order valence-corrected chi connectivity index (χ1v) is 5.15. The molecule has 159 valence electrons. The molecule has 0 aliphatic heterocycles. The van der Waals surface area contributed by atoms with Crippen molar-refractivity contribution < 1.29 is 79.0 Å². The second-order valence-electron chi connectivity index (χ2n) is 4.44. The van der Waals surface area contributed by atoms with Crippen LogP contribution in [-0.4, -0.2) is 99.3 Å². The van der Waals surface area contributed by atoms with Gasteiger partial charge in [0.05, 0.1) is 0 Å². The second-order valence-corrected chi connectivity index (χ2v) is 4.44. The van der Waals surface area contributed by atoms with Crippen molar-refractivity contribution in [3.63, 3.8) is 0 Å². The van der Waals surface area contributed by atoms with Gasteiger partial charge in [-0.3, -0.25) is 0 Å². The Labute approximate surface area is 177 Å². The van der Waals surface area contributed by atoms with Crippen molar-refractivity contribution in [2.75, 3.05) is 0 Å². The molecule has 0 fully saturated rings. The van der Waals surface area contributed by atoms with Crippen LogP contribution in [0.2, 0.25) is 0 Å². The summed E-state index contributed by atoms with van der Waals surface area (Å²) in [5, 5.41) is 0. The molecule has 0 spiro atoms. The molecule has 0 heterocycles. The normalized spacial score (nSPS) is 16.2. The monoisotopic (exact) mass is 477 g/mol. The molecule has 1 radical (unpaired) electrons. The SMILES string of the molecule is FC(F)(F)C(F)(F)C(F)(F)C(F)(F)C(F)(F)C(F)(F)C(F)(F)C(F)(F)F.[K]. The van der Waals surface area contributed by atoms with Gasteiger partial charge in [-0.25, -0.2) is 0 Å². The van der Waals surface area contributed by atoms with Crippen LogP contribution in [-0.2, 0) is 0 Å². The maximum atomic E-state index is 12.8. The fourth-order valence-electron chi connectivity index (χ4n) is 1.14. The van der Waals surface area contributed by atoms with Crippen LogP contribution in [0.4, 0.5) is 79.0 Å². The van der Waals surface area contributed by atoms with E-state index in [4.69, 9.17) is 0 Å². The molecule has 0 unspecified atom stereocenters. The molecule has 0 bridgehead atoms. The smallest absolute Gasteiger partial charge is 0.192 e. The maximum Gasteiger partial charge on any atom is 0.460 e. The Morgan fingerprint density at radius 3 is 0.444 bits per heavy atom. The first kappa shape index (κ1) is 29.6. The van der Waals surface area contributed by atoms with E-state index in [1.165, 1.54) is 0 Å². The van der Waals surface area contributed by atoms with Crippen LogP contribution in [0.25, 0.3) is 0 Å². The summed E-state index contributed by atoms with van der Waals surface area (Å²) in [5.41, 5.74) is 0. The fraction of sp³-hybridized carbons (Fsp3) is 1.00. The van der Waals surface area contributed by atoms with Gasteiger partial charge in [-0.15, -0.1) is 0 Å². The second kappa shape index (κ2) is 7.26. The number of alkyl halides is 18. The van der Waals surface area contributed by atoms with Gasteiger partial charge in [-0.05, 0) is 0 Å². The van der Waals surface area contributed by atoms with E-state index in [-0.39, 0.29) is 51.4 Å². The van der Waals surface area contributed by atoms with Crippen molar-refractivity contribution in [1.29, 1.82) is 0 Å². The summed E-state index contributed by atoms with van der Waals surface area (Å²) < 4.78 is 221. The summed E-state index contributed by atoms with van der Waals surface area (Å²) in [7, 11) is 0. The summed E-state index contributed by atoms with van der Waals surface area (Å²) in [6.07, 6.45) is -15.6. The Kier molecular flexibility index (Phi) is 7.95. The van der Waals surface area contributed by atoms with Crippen LogP contribution in [0.3, 0.4) is 0 Å². The van der Waals surface area contributed by atoms with Gasteiger partial charge in [-0.2, -0.15) is 79.0 Å². The Balaban J connectivity index is 0. The Hall–Kier alpha value is 0.376. The van der Waals surface area contributed by atoms with E-state index < -0.39 is 47.9 Å². The van der Waals surface area contributed by atoms with Crippen LogP contribution in [0.5, 0.6) is 0 Å². The largest absolute Gasteiger partial charge is 0.460 e. The van der Waals surface area contributed by atoms with Crippen LogP contribution in [0.15, 0.2) is 0 Å². The molecule has 0 aliphatic carbocycles. The van der Waals surface area contributed by atoms with Gasteiger partial charge in [0.1, 0.15) is 0 Å². The average Bonchev–Trinajstić information content (AvgIpc) is 2.34. The van der Waals surface area contributed by atoms with Crippen molar-refractivity contribution in [3.8, 4) is 0 Å². The van der Waals surface area contributed by atoms with E-state index in [1.807, 2.05) is 0 Å². The Morgan fingerprint density at radius 1 is 0.222 bits per heavy atom. The number of hydrogen-bond acceptors (Lipinski definition) is 0. The molecule has 0 saturated heterocycles. The molecule has 0 aromatic rings. The zero-order valence-electron chi connectivity index (χ0n) is 11.8. The third-order valence-corrected chi connectivity index (χ3v) is 2.68. The summed E-state index contributed by atoms with van der Waals surface area (Å²) >= 11 is 0. The van der Waals surface area contributed by atoms with Gasteiger partial charge in [0.2, 0.25) is 0 Å². The molecule has 0 aliphatic rings. The molecule has 0 nitrogen and oxygen atoms in total. The molecule has 0 atom stereocenters. The van der Waals surface area contributed by atoms with Crippen molar-refractivity contribution in [2.45, 2.75) is 47.9 Å². The van der Waals surface area contributed by atoms with Gasteiger partial charge in [-0.1, -0.05) is 0 Å². The molecular weight excluding hydrogens is 477 g/mol. The third-order valence-electron chi connectivity index (χ3n) is 2.68. The molecule has 0 amide bonds. The van der Waals surface area contributed by atoms with Crippen molar-refractivity contribution >= 4 is 51.4 Å². The maximum absolute atomic E-state index is 12.8. The molecule has 0 aromatic heterocycles. The third kappa shape index (κ3) is 3.90. The number of rotatable bonds is 5. The topological polar surface area (TPSA) is 0 Å². The van der Waals surface area contributed by atoms with E-state index in [0.717, 1.165) is 0 Å². The van der Waals surface area contributed by atoms with Gasteiger partial charge in [0.25, 0.3) is 0 Å². The summed E-state index contributed by atoms with van der Waals surface area (Å²) in [6, 6.07) is 0. The van der Waals surface area contributed by atoms with Crippen LogP contribution in [0, 0.1) is 0 Å². The van der Waals surface area contributed by atoms with Gasteiger partial charge in [0, 0.05) is 51.4 Å². The van der Waals surface area contributed by atoms with E-state index in [1.54, 1.807) is 0 Å². The average molecular weight is 477 g/mol. The number of hydrogen-bond donors (Lipinski definition) is 0. The van der Waals surface area contributed by atoms with Crippen LogP contribution >= 0.6 is 0 Å². The molecule has 0 rings (SSSR count). The fourth-order valence-corrected chi connectivity index (χ4v) is 1.14. The minimum Gasteiger partial charge on any atom is -0.192 e. The standard InChI is InChI=1S/C8F18.K/c9-1(10,3(13,14)5(17,18)7(21,22)23)2(11,12)4(15,16)6(19,20)8(24,25)26;. The quantitative estimate of drug-likeness (QED) is 0.361. The van der Waals surface area contributed by atoms with E-state index in [9.17, 15) is 79.0 Å². The van der Waals surface area contributed by atoms with E-state index in [2.05, 4.69) is 0 Å². The van der Waals surface area contributed by atoms with Crippen LogP contribution in [0.1, 0.15) is 0 Å². The Bertz CT molecular complexity index is 474. The van der Waals surface area contributed by atoms with Crippen molar-refractivity contribution in [2.24, 2.45) is 0 Å². The first-order chi connectivity index (χ1) is 10.8. The molecule has 27 heavy (non-hydrogen) atoms. The van der Waals surface area contributed by atoms with Gasteiger partial charge >= 0.3 is 47.9 Å². The minimum atomic E-state index is -8.72. The van der Waals surface area contributed by atoms with E-state index in [0.29, 0.717) is 0 Å². The molecular formula is C8F18K. The summed E-state index contributed by atoms with van der Waals surface area (Å²) in [5.74, 6) is -51.0. The van der Waals surface area contributed by atoms with Gasteiger partial charge < -0.3 is 0 Å². The Morgan fingerprint density at radius 2 is 0.333 bits per heavy atom. The number of halogens is 18. The predicted molar refractivity (Wildman–Crippen MR) is 47.5 cm³/mol. The zero-order valence-corrected chi connectivity index (χ0v) is 14.9. The molecule has 0 aromatic carbocycles. The molecule has 0 N–H and O–H groups in total. The zero-order chi connectivity index (χ0) is 22.0. The molecule has 19 heteroatoms. The first-order valence-electron chi connectivity index (χ1n) is 5.15.